The monoisotopic (exact) mass is 178 g/mol. The molecule has 0 unspecified atom stereocenters. The molecule has 0 bridgehead atoms. The molecule has 72 valence electrons. The Bertz CT molecular complexity index is 244. The van der Waals surface area contributed by atoms with E-state index in [1.165, 1.54) is 0 Å². The Kier molecular flexibility index (Phi) is 5.86. The maximum Gasteiger partial charge on any atom is 0.163 e. The highest BCUT2D eigenvalue weighted by molar-refractivity contribution is 6.02. The van der Waals surface area contributed by atoms with Crippen molar-refractivity contribution in [2.24, 2.45) is 0 Å². The van der Waals surface area contributed by atoms with Gasteiger partial charge in [-0.1, -0.05) is 38.7 Å². The Morgan fingerprint density at radius 2 is 1.92 bits per heavy atom. The van der Waals surface area contributed by atoms with Crippen LogP contribution in [0.1, 0.15) is 33.6 Å². The van der Waals surface area contributed by atoms with Gasteiger partial charge < -0.3 is 0 Å². The number of hydrogen-bond acceptors (Lipinski definition) is 1. The molecule has 1 fully saturated rings. The maximum absolute atomic E-state index is 11.1. The van der Waals surface area contributed by atoms with E-state index in [9.17, 15) is 4.79 Å². The molecule has 0 spiro atoms. The van der Waals surface area contributed by atoms with Gasteiger partial charge in [-0.3, -0.25) is 4.79 Å². The summed E-state index contributed by atoms with van der Waals surface area (Å²) in [5, 5.41) is 0. The van der Waals surface area contributed by atoms with Gasteiger partial charge in [-0.05, 0) is 18.9 Å². The lowest BCUT2D eigenvalue weighted by molar-refractivity contribution is -0.114. The zero-order valence-corrected chi connectivity index (χ0v) is 8.76. The SMILES string of the molecule is C=C/C=C1/CCC(=O)/C1=C/C.CC. The molecular formula is C12H18O. The number of rotatable bonds is 1. The average molecular weight is 178 g/mol. The van der Waals surface area contributed by atoms with Gasteiger partial charge >= 0.3 is 0 Å². The van der Waals surface area contributed by atoms with Gasteiger partial charge in [0.2, 0.25) is 0 Å². The highest BCUT2D eigenvalue weighted by atomic mass is 16.1. The summed E-state index contributed by atoms with van der Waals surface area (Å²) >= 11 is 0. The fraction of sp³-hybridized carbons (Fsp3) is 0.417. The quantitative estimate of drug-likeness (QED) is 0.562. The van der Waals surface area contributed by atoms with Crippen LogP contribution in [0, 0.1) is 0 Å². The molecule has 0 amide bonds. The highest BCUT2D eigenvalue weighted by Crippen LogP contribution is 2.26. The molecule has 0 N–H and O–H groups in total. The Labute approximate surface area is 80.8 Å². The van der Waals surface area contributed by atoms with E-state index in [0.717, 1.165) is 17.6 Å². The lowest BCUT2D eigenvalue weighted by Gasteiger charge is -1.94. The number of carbonyl (C=O) groups is 1. The molecule has 1 saturated carbocycles. The van der Waals surface area contributed by atoms with Crippen LogP contribution in [0.5, 0.6) is 0 Å². The molecule has 1 nitrogen and oxygen atoms in total. The molecule has 0 aromatic heterocycles. The molecule has 1 aliphatic rings. The molecule has 0 heterocycles. The molecule has 0 radical (unpaired) electrons. The summed E-state index contributed by atoms with van der Waals surface area (Å²) in [5.74, 6) is 0.264. The van der Waals surface area contributed by atoms with Crippen LogP contribution in [0.25, 0.3) is 0 Å². The summed E-state index contributed by atoms with van der Waals surface area (Å²) < 4.78 is 0. The van der Waals surface area contributed by atoms with E-state index in [1.54, 1.807) is 6.08 Å². The van der Waals surface area contributed by atoms with Crippen LogP contribution in [0.3, 0.4) is 0 Å². The van der Waals surface area contributed by atoms with E-state index >= 15 is 0 Å². The minimum atomic E-state index is 0.264. The number of Topliss-reactive ketones (excluding diaryl/α,β-unsaturated/α-hetero) is 1. The van der Waals surface area contributed by atoms with Crippen molar-refractivity contribution in [2.45, 2.75) is 33.6 Å². The Morgan fingerprint density at radius 3 is 2.38 bits per heavy atom. The standard InChI is InChI=1S/C10H12O.C2H6/c1-3-5-8-6-7-10(11)9(8)4-2;1-2/h3-5H,1,6-7H2,2H3;1-2H3/b8-5-,9-4+;. The first-order valence-corrected chi connectivity index (χ1v) is 4.81. The predicted octanol–water partition coefficient (Wildman–Crippen LogP) is 3.43. The zero-order valence-electron chi connectivity index (χ0n) is 8.76. The number of hydrogen-bond donors (Lipinski definition) is 0. The lowest BCUT2D eigenvalue weighted by Crippen LogP contribution is -1.91. The fourth-order valence-electron chi connectivity index (χ4n) is 1.36. The van der Waals surface area contributed by atoms with Gasteiger partial charge in [-0.15, -0.1) is 0 Å². The second kappa shape index (κ2) is 6.41. The molecule has 1 heteroatoms. The topological polar surface area (TPSA) is 17.1 Å². The number of allylic oxidation sites excluding steroid dienone is 5. The summed E-state index contributed by atoms with van der Waals surface area (Å²) in [7, 11) is 0. The first-order chi connectivity index (χ1) is 6.29. The number of carbonyl (C=O) groups excluding carboxylic acids is 1. The van der Waals surface area contributed by atoms with Gasteiger partial charge in [0.15, 0.2) is 5.78 Å². The van der Waals surface area contributed by atoms with Crippen molar-refractivity contribution in [1.82, 2.24) is 0 Å². The molecule has 1 rings (SSSR count). The fourth-order valence-corrected chi connectivity index (χ4v) is 1.36. The van der Waals surface area contributed by atoms with Crippen molar-refractivity contribution >= 4 is 5.78 Å². The Balaban J connectivity index is 0.000000671. The molecule has 1 aliphatic carbocycles. The Hall–Kier alpha value is -1.11. The van der Waals surface area contributed by atoms with E-state index in [-0.39, 0.29) is 5.78 Å². The van der Waals surface area contributed by atoms with Gasteiger partial charge in [0, 0.05) is 12.0 Å². The van der Waals surface area contributed by atoms with Crippen LogP contribution in [-0.2, 0) is 4.79 Å². The van der Waals surface area contributed by atoms with Gasteiger partial charge in [-0.25, -0.2) is 0 Å². The second-order valence-electron chi connectivity index (χ2n) is 2.55. The Morgan fingerprint density at radius 1 is 1.31 bits per heavy atom. The van der Waals surface area contributed by atoms with Crippen LogP contribution in [0.4, 0.5) is 0 Å². The molecule has 13 heavy (non-hydrogen) atoms. The van der Waals surface area contributed by atoms with E-state index in [4.69, 9.17) is 0 Å². The minimum absolute atomic E-state index is 0.264. The lowest BCUT2D eigenvalue weighted by atomic mass is 10.1. The van der Waals surface area contributed by atoms with Crippen LogP contribution in [0.15, 0.2) is 36.0 Å². The van der Waals surface area contributed by atoms with E-state index < -0.39 is 0 Å². The van der Waals surface area contributed by atoms with Crippen molar-refractivity contribution in [3.05, 3.63) is 36.0 Å². The summed E-state index contributed by atoms with van der Waals surface area (Å²) in [6.45, 7) is 9.50. The molecule has 0 aromatic rings. The third-order valence-corrected chi connectivity index (χ3v) is 1.88. The largest absolute Gasteiger partial charge is 0.294 e. The molecule has 0 atom stereocenters. The van der Waals surface area contributed by atoms with Crippen molar-refractivity contribution in [3.8, 4) is 0 Å². The van der Waals surface area contributed by atoms with E-state index in [0.29, 0.717) is 6.42 Å². The van der Waals surface area contributed by atoms with E-state index in [1.807, 2.05) is 32.9 Å². The molecule has 0 aromatic carbocycles. The summed E-state index contributed by atoms with van der Waals surface area (Å²) in [6, 6.07) is 0. The predicted molar refractivity (Wildman–Crippen MR) is 57.6 cm³/mol. The molecular weight excluding hydrogens is 160 g/mol. The van der Waals surface area contributed by atoms with Crippen molar-refractivity contribution in [2.75, 3.05) is 0 Å². The third-order valence-electron chi connectivity index (χ3n) is 1.88. The zero-order chi connectivity index (χ0) is 10.3. The number of ketones is 1. The van der Waals surface area contributed by atoms with Crippen molar-refractivity contribution in [3.63, 3.8) is 0 Å². The summed E-state index contributed by atoms with van der Waals surface area (Å²) in [6.07, 6.45) is 7.08. The van der Waals surface area contributed by atoms with Crippen molar-refractivity contribution in [1.29, 1.82) is 0 Å². The normalized spacial score (nSPS) is 21.6. The van der Waals surface area contributed by atoms with Crippen LogP contribution in [-0.4, -0.2) is 5.78 Å². The van der Waals surface area contributed by atoms with Crippen LogP contribution in [0.2, 0.25) is 0 Å². The second-order valence-corrected chi connectivity index (χ2v) is 2.55. The smallest absolute Gasteiger partial charge is 0.163 e. The van der Waals surface area contributed by atoms with E-state index in [2.05, 4.69) is 6.58 Å². The first-order valence-electron chi connectivity index (χ1n) is 4.81. The van der Waals surface area contributed by atoms with Gasteiger partial charge in [0.05, 0.1) is 0 Å². The van der Waals surface area contributed by atoms with Crippen LogP contribution >= 0.6 is 0 Å². The summed E-state index contributed by atoms with van der Waals surface area (Å²) in [5.41, 5.74) is 2.01. The van der Waals surface area contributed by atoms with Crippen LogP contribution < -0.4 is 0 Å². The molecule has 0 saturated heterocycles. The molecule has 0 aliphatic heterocycles. The van der Waals surface area contributed by atoms with Crippen molar-refractivity contribution < 1.29 is 4.79 Å². The van der Waals surface area contributed by atoms with Gasteiger partial charge in [0.1, 0.15) is 0 Å². The highest BCUT2D eigenvalue weighted by Gasteiger charge is 2.20. The summed E-state index contributed by atoms with van der Waals surface area (Å²) in [4.78, 5) is 11.1. The van der Waals surface area contributed by atoms with Gasteiger partial charge in [0.25, 0.3) is 0 Å². The minimum Gasteiger partial charge on any atom is -0.294 e. The third kappa shape index (κ3) is 3.02. The average Bonchev–Trinajstić information content (AvgIpc) is 2.51. The first kappa shape index (κ1) is 11.9. The van der Waals surface area contributed by atoms with Gasteiger partial charge in [-0.2, -0.15) is 0 Å². The maximum atomic E-state index is 11.1.